The summed E-state index contributed by atoms with van der Waals surface area (Å²) in [5.41, 5.74) is 13.5. The third-order valence-corrected chi connectivity index (χ3v) is 11.4. The van der Waals surface area contributed by atoms with Crippen LogP contribution in [0.3, 0.4) is 0 Å². The SMILES string of the molecule is c1ccc(-n2ccc3cc4c5cc6c(cc5n(-c5ccc(-c7nc8ccccc8n7-c7ccccc7)cc5)c4cc32)c2ccccc2n6-c2ccccc2)cc1. The number of benzene rings is 8. The van der Waals surface area contributed by atoms with Crippen LogP contribution >= 0.6 is 0 Å². The summed E-state index contributed by atoms with van der Waals surface area (Å²) in [6.07, 6.45) is 2.19. The standard InChI is InChI=1S/C51H33N5/c1-4-14-36(15-5-1)53-29-28-35-30-41-43-32-48-42(40-20-10-12-22-45(40)54(48)37-16-6-2-7-17-37)31-49(43)55(50(41)33-47(35)53)39-26-24-34(25-27-39)51-52-44-21-11-13-23-46(44)56(51)38-18-8-3-9-19-38/h1-33H. The molecule has 262 valence electrons. The minimum Gasteiger partial charge on any atom is -0.316 e. The van der Waals surface area contributed by atoms with Crippen LogP contribution in [0.15, 0.2) is 200 Å². The molecule has 0 saturated heterocycles. The molecule has 0 aliphatic carbocycles. The van der Waals surface area contributed by atoms with E-state index >= 15 is 0 Å². The van der Waals surface area contributed by atoms with Gasteiger partial charge in [0.25, 0.3) is 0 Å². The number of hydrogen-bond acceptors (Lipinski definition) is 1. The van der Waals surface area contributed by atoms with Crippen molar-refractivity contribution >= 4 is 65.5 Å². The average Bonchev–Trinajstić information content (AvgIpc) is 4.02. The molecule has 0 unspecified atom stereocenters. The molecule has 12 aromatic rings. The van der Waals surface area contributed by atoms with Crippen molar-refractivity contribution in [3.63, 3.8) is 0 Å². The smallest absolute Gasteiger partial charge is 0.145 e. The second-order valence-corrected chi connectivity index (χ2v) is 14.5. The normalized spacial score (nSPS) is 11.9. The molecule has 0 saturated carbocycles. The molecule has 8 aromatic carbocycles. The van der Waals surface area contributed by atoms with E-state index in [1.807, 2.05) is 0 Å². The topological polar surface area (TPSA) is 32.6 Å². The molecular weight excluding hydrogens is 683 g/mol. The van der Waals surface area contributed by atoms with Crippen molar-refractivity contribution in [1.82, 2.24) is 23.3 Å². The van der Waals surface area contributed by atoms with Crippen LogP contribution in [0.4, 0.5) is 0 Å². The van der Waals surface area contributed by atoms with Crippen LogP contribution in [0, 0.1) is 0 Å². The molecule has 5 heteroatoms. The zero-order valence-corrected chi connectivity index (χ0v) is 30.3. The molecule has 0 fully saturated rings. The zero-order valence-electron chi connectivity index (χ0n) is 30.3. The number of nitrogens with zero attached hydrogens (tertiary/aromatic N) is 5. The summed E-state index contributed by atoms with van der Waals surface area (Å²) in [7, 11) is 0. The largest absolute Gasteiger partial charge is 0.316 e. The average molecular weight is 716 g/mol. The van der Waals surface area contributed by atoms with E-state index in [1.54, 1.807) is 0 Å². The Labute approximate surface area is 322 Å². The van der Waals surface area contributed by atoms with Gasteiger partial charge in [-0.1, -0.05) is 84.9 Å². The van der Waals surface area contributed by atoms with E-state index < -0.39 is 0 Å². The minimum absolute atomic E-state index is 0.920. The van der Waals surface area contributed by atoms with Crippen LogP contribution in [0.5, 0.6) is 0 Å². The molecular formula is C51H33N5. The lowest BCUT2D eigenvalue weighted by Gasteiger charge is -2.12. The Morgan fingerprint density at radius 1 is 0.321 bits per heavy atom. The third kappa shape index (κ3) is 4.52. The highest BCUT2D eigenvalue weighted by Crippen LogP contribution is 2.41. The quantitative estimate of drug-likeness (QED) is 0.175. The molecule has 0 atom stereocenters. The number of hydrogen-bond donors (Lipinski definition) is 0. The van der Waals surface area contributed by atoms with Crippen molar-refractivity contribution < 1.29 is 0 Å². The first kappa shape index (κ1) is 30.8. The van der Waals surface area contributed by atoms with E-state index in [4.69, 9.17) is 4.98 Å². The van der Waals surface area contributed by atoms with Gasteiger partial charge in [0.2, 0.25) is 0 Å². The van der Waals surface area contributed by atoms with Crippen molar-refractivity contribution in [2.45, 2.75) is 0 Å². The first-order valence-electron chi connectivity index (χ1n) is 19.1. The van der Waals surface area contributed by atoms with E-state index in [0.717, 1.165) is 50.7 Å². The van der Waals surface area contributed by atoms with Crippen LogP contribution in [0.2, 0.25) is 0 Å². The van der Waals surface area contributed by atoms with Gasteiger partial charge >= 0.3 is 0 Å². The van der Waals surface area contributed by atoms with Crippen molar-refractivity contribution in [3.8, 4) is 34.1 Å². The van der Waals surface area contributed by atoms with Crippen molar-refractivity contribution in [2.24, 2.45) is 0 Å². The monoisotopic (exact) mass is 715 g/mol. The van der Waals surface area contributed by atoms with E-state index in [9.17, 15) is 0 Å². The van der Waals surface area contributed by atoms with Crippen LogP contribution in [0.25, 0.3) is 99.7 Å². The van der Waals surface area contributed by atoms with Crippen LogP contribution in [-0.2, 0) is 0 Å². The van der Waals surface area contributed by atoms with Crippen LogP contribution < -0.4 is 0 Å². The summed E-state index contributed by atoms with van der Waals surface area (Å²) >= 11 is 0. The van der Waals surface area contributed by atoms with Gasteiger partial charge < -0.3 is 13.7 Å². The number of fused-ring (bicyclic) bond motifs is 8. The lowest BCUT2D eigenvalue weighted by molar-refractivity contribution is 1.10. The lowest BCUT2D eigenvalue weighted by Crippen LogP contribution is -1.98. The van der Waals surface area contributed by atoms with Crippen molar-refractivity contribution in [2.75, 3.05) is 0 Å². The highest BCUT2D eigenvalue weighted by atomic mass is 15.1. The maximum Gasteiger partial charge on any atom is 0.145 e. The minimum atomic E-state index is 0.920. The van der Waals surface area contributed by atoms with Gasteiger partial charge in [0.15, 0.2) is 0 Å². The van der Waals surface area contributed by atoms with E-state index in [0.29, 0.717) is 0 Å². The molecule has 0 aliphatic heterocycles. The number of para-hydroxylation sites is 6. The number of rotatable bonds is 5. The fourth-order valence-corrected chi connectivity index (χ4v) is 8.87. The molecule has 12 rings (SSSR count). The Bertz CT molecular complexity index is 3440. The molecule has 5 nitrogen and oxygen atoms in total. The molecule has 0 amide bonds. The summed E-state index contributed by atoms with van der Waals surface area (Å²) < 4.78 is 9.41. The Balaban J connectivity index is 1.13. The highest BCUT2D eigenvalue weighted by Gasteiger charge is 2.21. The predicted molar refractivity (Wildman–Crippen MR) is 232 cm³/mol. The fourth-order valence-electron chi connectivity index (χ4n) is 8.87. The highest BCUT2D eigenvalue weighted by molar-refractivity contribution is 6.20. The second kappa shape index (κ2) is 11.9. The predicted octanol–water partition coefficient (Wildman–Crippen LogP) is 12.8. The summed E-state index contributed by atoms with van der Waals surface area (Å²) in [5, 5.41) is 6.12. The summed E-state index contributed by atoms with van der Waals surface area (Å²) in [5.74, 6) is 0.920. The van der Waals surface area contributed by atoms with Gasteiger partial charge in [0.1, 0.15) is 5.82 Å². The van der Waals surface area contributed by atoms with Gasteiger partial charge in [-0.3, -0.25) is 4.57 Å². The summed E-state index contributed by atoms with van der Waals surface area (Å²) in [6.45, 7) is 0. The van der Waals surface area contributed by atoms with Crippen molar-refractivity contribution in [3.05, 3.63) is 200 Å². The first-order chi connectivity index (χ1) is 27.8. The van der Waals surface area contributed by atoms with Gasteiger partial charge in [-0.15, -0.1) is 0 Å². The molecule has 0 bridgehead atoms. The van der Waals surface area contributed by atoms with Crippen LogP contribution in [-0.4, -0.2) is 23.3 Å². The molecule has 0 spiro atoms. The van der Waals surface area contributed by atoms with Crippen LogP contribution in [0.1, 0.15) is 0 Å². The zero-order chi connectivity index (χ0) is 36.7. The van der Waals surface area contributed by atoms with E-state index in [-0.39, 0.29) is 0 Å². The van der Waals surface area contributed by atoms with Gasteiger partial charge in [0.05, 0.1) is 38.6 Å². The number of imidazole rings is 1. The van der Waals surface area contributed by atoms with Gasteiger partial charge in [0, 0.05) is 61.4 Å². The molecule has 56 heavy (non-hydrogen) atoms. The van der Waals surface area contributed by atoms with Gasteiger partial charge in [-0.2, -0.15) is 0 Å². The molecule has 0 radical (unpaired) electrons. The Morgan fingerprint density at radius 3 is 1.55 bits per heavy atom. The Hall–Kier alpha value is -7.63. The molecule has 0 aliphatic rings. The molecule has 0 N–H and O–H groups in total. The number of aromatic nitrogens is 5. The summed E-state index contributed by atoms with van der Waals surface area (Å²) in [6, 6.07) is 69.7. The third-order valence-electron chi connectivity index (χ3n) is 11.4. The van der Waals surface area contributed by atoms with E-state index in [1.165, 1.54) is 49.0 Å². The van der Waals surface area contributed by atoms with Gasteiger partial charge in [-0.25, -0.2) is 4.98 Å². The molecule has 4 heterocycles. The first-order valence-corrected chi connectivity index (χ1v) is 19.1. The fraction of sp³-hybridized carbons (Fsp3) is 0. The Morgan fingerprint density at radius 2 is 0.839 bits per heavy atom. The Kier molecular flexibility index (Phi) is 6.56. The van der Waals surface area contributed by atoms with E-state index in [2.05, 4.69) is 219 Å². The maximum atomic E-state index is 5.16. The van der Waals surface area contributed by atoms with Crippen molar-refractivity contribution in [1.29, 1.82) is 0 Å². The maximum absolute atomic E-state index is 5.16. The summed E-state index contributed by atoms with van der Waals surface area (Å²) in [4.78, 5) is 5.16. The van der Waals surface area contributed by atoms with Gasteiger partial charge in [-0.05, 0) is 109 Å². The lowest BCUT2D eigenvalue weighted by atomic mass is 10.1. The molecule has 4 aromatic heterocycles. The second-order valence-electron chi connectivity index (χ2n) is 14.5.